The van der Waals surface area contributed by atoms with E-state index in [1.54, 1.807) is 11.3 Å². The number of carbonyl (C=O) groups excluding carboxylic acids is 1. The van der Waals surface area contributed by atoms with Crippen molar-refractivity contribution in [3.63, 3.8) is 0 Å². The molecule has 3 nitrogen and oxygen atoms in total. The van der Waals surface area contributed by atoms with Gasteiger partial charge in [-0.3, -0.25) is 4.79 Å². The summed E-state index contributed by atoms with van der Waals surface area (Å²) in [7, 11) is 0. The smallest absolute Gasteiger partial charge is 0.226 e. The first-order chi connectivity index (χ1) is 10.3. The van der Waals surface area contributed by atoms with Crippen LogP contribution in [-0.4, -0.2) is 10.9 Å². The van der Waals surface area contributed by atoms with Gasteiger partial charge in [0.05, 0.1) is 5.69 Å². The van der Waals surface area contributed by atoms with E-state index in [0.717, 1.165) is 29.8 Å². The molecule has 1 N–H and O–H groups in total. The van der Waals surface area contributed by atoms with Crippen LogP contribution in [0.3, 0.4) is 0 Å². The highest BCUT2D eigenvalue weighted by Gasteiger charge is 2.40. The van der Waals surface area contributed by atoms with Crippen molar-refractivity contribution in [3.8, 4) is 0 Å². The van der Waals surface area contributed by atoms with Gasteiger partial charge in [0.2, 0.25) is 5.91 Å². The minimum Gasteiger partial charge on any atom is -0.302 e. The first-order valence-electron chi connectivity index (χ1n) is 8.56. The van der Waals surface area contributed by atoms with E-state index < -0.39 is 0 Å². The van der Waals surface area contributed by atoms with E-state index in [1.165, 1.54) is 55.5 Å². The van der Waals surface area contributed by atoms with Crippen molar-refractivity contribution in [2.24, 2.45) is 17.8 Å². The molecule has 0 spiro atoms. The number of hydrogen-bond acceptors (Lipinski definition) is 3. The lowest BCUT2D eigenvalue weighted by Gasteiger charge is -2.20. The first kappa shape index (κ1) is 13.7. The molecule has 4 heteroatoms. The fourth-order valence-corrected chi connectivity index (χ4v) is 5.68. The van der Waals surface area contributed by atoms with Gasteiger partial charge in [-0.2, -0.15) is 0 Å². The maximum absolute atomic E-state index is 12.3. The summed E-state index contributed by atoms with van der Waals surface area (Å²) in [5.41, 5.74) is 1.24. The quantitative estimate of drug-likeness (QED) is 0.851. The number of aryl methyl sites for hydroxylation is 2. The Kier molecular flexibility index (Phi) is 3.74. The van der Waals surface area contributed by atoms with Gasteiger partial charge in [-0.05, 0) is 62.7 Å². The molecule has 3 atom stereocenters. The van der Waals surface area contributed by atoms with Gasteiger partial charge in [-0.25, -0.2) is 4.98 Å². The average Bonchev–Trinajstić information content (AvgIpc) is 3.12. The molecule has 2 bridgehead atoms. The van der Waals surface area contributed by atoms with Crippen molar-refractivity contribution in [1.82, 2.24) is 4.98 Å². The lowest BCUT2D eigenvalue weighted by molar-refractivity contribution is -0.117. The van der Waals surface area contributed by atoms with Crippen LogP contribution in [0.1, 0.15) is 61.9 Å². The highest BCUT2D eigenvalue weighted by molar-refractivity contribution is 7.15. The Balaban J connectivity index is 1.36. The summed E-state index contributed by atoms with van der Waals surface area (Å²) < 4.78 is 0. The van der Waals surface area contributed by atoms with Crippen molar-refractivity contribution >= 4 is 22.4 Å². The normalized spacial score (nSPS) is 31.0. The third kappa shape index (κ3) is 2.87. The fraction of sp³-hybridized carbons (Fsp3) is 0.765. The van der Waals surface area contributed by atoms with Crippen LogP contribution >= 0.6 is 11.3 Å². The number of hydrogen-bond donors (Lipinski definition) is 1. The van der Waals surface area contributed by atoms with Gasteiger partial charge in [-0.15, -0.1) is 11.3 Å². The third-order valence-electron chi connectivity index (χ3n) is 5.67. The molecule has 3 aliphatic rings. The second-order valence-electron chi connectivity index (χ2n) is 7.14. The van der Waals surface area contributed by atoms with E-state index in [1.807, 2.05) is 0 Å². The minimum absolute atomic E-state index is 0.191. The Hall–Kier alpha value is -0.900. The molecule has 2 saturated carbocycles. The zero-order valence-corrected chi connectivity index (χ0v) is 13.4. The van der Waals surface area contributed by atoms with E-state index in [9.17, 15) is 4.79 Å². The number of aromatic nitrogens is 1. The van der Waals surface area contributed by atoms with Crippen LogP contribution in [-0.2, 0) is 17.6 Å². The molecular weight excluding hydrogens is 280 g/mol. The summed E-state index contributed by atoms with van der Waals surface area (Å²) in [4.78, 5) is 18.3. The molecule has 114 valence electrons. The largest absolute Gasteiger partial charge is 0.302 e. The zero-order chi connectivity index (χ0) is 14.2. The summed E-state index contributed by atoms with van der Waals surface area (Å²) in [5.74, 6) is 2.58. The molecule has 1 aromatic rings. The molecule has 21 heavy (non-hydrogen) atoms. The Morgan fingerprint density at radius 2 is 2.10 bits per heavy atom. The summed E-state index contributed by atoms with van der Waals surface area (Å²) in [5, 5.41) is 3.92. The Bertz CT molecular complexity index is 515. The van der Waals surface area contributed by atoms with Gasteiger partial charge < -0.3 is 5.32 Å². The Morgan fingerprint density at radius 3 is 2.90 bits per heavy atom. The highest BCUT2D eigenvalue weighted by Crippen LogP contribution is 2.49. The fourth-order valence-electron chi connectivity index (χ4n) is 4.62. The highest BCUT2D eigenvalue weighted by atomic mass is 32.1. The maximum atomic E-state index is 12.3. The zero-order valence-electron chi connectivity index (χ0n) is 12.6. The molecule has 0 aliphatic heterocycles. The van der Waals surface area contributed by atoms with Crippen LogP contribution < -0.4 is 5.32 Å². The number of nitrogens with one attached hydrogen (secondary N) is 1. The number of thiazole rings is 1. The minimum atomic E-state index is 0.191. The van der Waals surface area contributed by atoms with Crippen LogP contribution in [0.25, 0.3) is 0 Å². The van der Waals surface area contributed by atoms with Crippen molar-refractivity contribution in [3.05, 3.63) is 10.6 Å². The average molecular weight is 304 g/mol. The van der Waals surface area contributed by atoms with Crippen LogP contribution in [0.2, 0.25) is 0 Å². The predicted molar refractivity (Wildman–Crippen MR) is 85.6 cm³/mol. The van der Waals surface area contributed by atoms with E-state index in [0.29, 0.717) is 12.3 Å². The summed E-state index contributed by atoms with van der Waals surface area (Å²) in [6, 6.07) is 0. The first-order valence-corrected chi connectivity index (χ1v) is 9.38. The van der Waals surface area contributed by atoms with Crippen molar-refractivity contribution in [2.45, 2.75) is 64.2 Å². The van der Waals surface area contributed by atoms with Crippen molar-refractivity contribution in [2.75, 3.05) is 5.32 Å². The summed E-state index contributed by atoms with van der Waals surface area (Å²) in [6.07, 6.45) is 12.2. The van der Waals surface area contributed by atoms with E-state index in [-0.39, 0.29) is 5.91 Å². The van der Waals surface area contributed by atoms with Gasteiger partial charge in [0.15, 0.2) is 5.13 Å². The van der Waals surface area contributed by atoms with Gasteiger partial charge in [0.1, 0.15) is 0 Å². The molecule has 0 saturated heterocycles. The molecule has 2 fully saturated rings. The van der Waals surface area contributed by atoms with Gasteiger partial charge >= 0.3 is 0 Å². The molecule has 1 heterocycles. The van der Waals surface area contributed by atoms with Gasteiger partial charge in [-0.1, -0.05) is 12.8 Å². The van der Waals surface area contributed by atoms with Crippen LogP contribution in [0.15, 0.2) is 0 Å². The molecule has 1 aromatic heterocycles. The molecule has 0 radical (unpaired) electrons. The van der Waals surface area contributed by atoms with Crippen LogP contribution in [0.4, 0.5) is 5.13 Å². The number of amides is 1. The Labute approximate surface area is 130 Å². The second kappa shape index (κ2) is 5.71. The van der Waals surface area contributed by atoms with E-state index >= 15 is 0 Å². The van der Waals surface area contributed by atoms with Gasteiger partial charge in [0, 0.05) is 11.3 Å². The molecule has 1 amide bonds. The lowest BCUT2D eigenvalue weighted by Crippen LogP contribution is -2.20. The molecule has 0 aromatic carbocycles. The maximum Gasteiger partial charge on any atom is 0.226 e. The summed E-state index contributed by atoms with van der Waals surface area (Å²) in [6.45, 7) is 0. The Morgan fingerprint density at radius 1 is 1.19 bits per heavy atom. The summed E-state index contributed by atoms with van der Waals surface area (Å²) >= 11 is 1.71. The van der Waals surface area contributed by atoms with Crippen molar-refractivity contribution in [1.29, 1.82) is 0 Å². The third-order valence-corrected chi connectivity index (χ3v) is 6.75. The lowest BCUT2D eigenvalue weighted by atomic mass is 9.86. The SMILES string of the molecule is O=C(C[C@H]1C[C@H]2CC[C@@H]1C2)Nc1nc2c(s1)CCCCC2. The van der Waals surface area contributed by atoms with E-state index in [4.69, 9.17) is 0 Å². The monoisotopic (exact) mass is 304 g/mol. The standard InChI is InChI=1S/C17H24N2OS/c20-16(10-13-9-11-6-7-12(13)8-11)19-17-18-14-4-2-1-3-5-15(14)21-17/h11-13H,1-10H2,(H,18,19,20)/t11-,12+,13+/m0/s1. The number of anilines is 1. The van der Waals surface area contributed by atoms with Crippen LogP contribution in [0, 0.1) is 17.8 Å². The molecule has 3 aliphatic carbocycles. The second-order valence-corrected chi connectivity index (χ2v) is 8.22. The molecule has 0 unspecified atom stereocenters. The van der Waals surface area contributed by atoms with Gasteiger partial charge in [0.25, 0.3) is 0 Å². The number of nitrogens with zero attached hydrogens (tertiary/aromatic N) is 1. The molecule has 4 rings (SSSR count). The predicted octanol–water partition coefficient (Wildman–Crippen LogP) is 4.18. The number of fused-ring (bicyclic) bond motifs is 3. The van der Waals surface area contributed by atoms with Crippen LogP contribution in [0.5, 0.6) is 0 Å². The van der Waals surface area contributed by atoms with Crippen molar-refractivity contribution < 1.29 is 4.79 Å². The number of rotatable bonds is 3. The topological polar surface area (TPSA) is 42.0 Å². The number of carbonyl (C=O) groups is 1. The molecular formula is C17H24N2OS. The van der Waals surface area contributed by atoms with E-state index in [2.05, 4.69) is 10.3 Å².